The summed E-state index contributed by atoms with van der Waals surface area (Å²) in [6.07, 6.45) is 3.14. The van der Waals surface area contributed by atoms with E-state index in [1.54, 1.807) is 24.3 Å². The highest BCUT2D eigenvalue weighted by Gasteiger charge is 2.14. The molecule has 1 amide bonds. The van der Waals surface area contributed by atoms with Crippen LogP contribution in [-0.4, -0.2) is 14.3 Å². The van der Waals surface area contributed by atoms with Crippen molar-refractivity contribution in [3.8, 4) is 0 Å². The Balaban J connectivity index is 1.65. The zero-order valence-electron chi connectivity index (χ0n) is 16.5. The average molecular weight is 441 g/mol. The number of nitrogens with one attached hydrogen (secondary N) is 2. The zero-order valence-corrected chi connectivity index (χ0v) is 18.1. The topological polar surface area (TPSA) is 75.3 Å². The van der Waals surface area contributed by atoms with E-state index in [4.69, 9.17) is 11.6 Å². The third-order valence-electron chi connectivity index (χ3n) is 4.36. The maximum absolute atomic E-state index is 12.6. The number of anilines is 2. The molecule has 0 unspecified atom stereocenters. The molecule has 0 radical (unpaired) electrons. The molecule has 0 aliphatic carbocycles. The van der Waals surface area contributed by atoms with Gasteiger partial charge in [0, 0.05) is 16.8 Å². The molecule has 0 aromatic heterocycles. The smallest absolute Gasteiger partial charge is 0.261 e. The summed E-state index contributed by atoms with van der Waals surface area (Å²) in [5, 5.41) is 3.19. The number of amides is 1. The van der Waals surface area contributed by atoms with Gasteiger partial charge in [-0.05, 0) is 67.4 Å². The van der Waals surface area contributed by atoms with E-state index in [0.717, 1.165) is 16.7 Å². The van der Waals surface area contributed by atoms with E-state index in [0.29, 0.717) is 16.4 Å². The third-order valence-corrected chi connectivity index (χ3v) is 6.17. The average Bonchev–Trinajstić information content (AvgIpc) is 2.70. The fourth-order valence-corrected chi connectivity index (χ4v) is 3.85. The molecule has 0 saturated carbocycles. The van der Waals surface area contributed by atoms with Crippen molar-refractivity contribution < 1.29 is 13.2 Å². The Kier molecular flexibility index (Phi) is 6.59. The van der Waals surface area contributed by atoms with Gasteiger partial charge in [-0.2, -0.15) is 0 Å². The van der Waals surface area contributed by atoms with Crippen LogP contribution in [0.1, 0.15) is 16.7 Å². The number of aryl methyl sites for hydroxylation is 2. The van der Waals surface area contributed by atoms with Crippen LogP contribution in [0.15, 0.2) is 77.7 Å². The molecule has 0 spiro atoms. The Labute approximate surface area is 181 Å². The van der Waals surface area contributed by atoms with Gasteiger partial charge >= 0.3 is 0 Å². The molecule has 3 rings (SSSR count). The van der Waals surface area contributed by atoms with Gasteiger partial charge in [-0.3, -0.25) is 9.52 Å². The third kappa shape index (κ3) is 5.72. The highest BCUT2D eigenvalue weighted by atomic mass is 35.5. The van der Waals surface area contributed by atoms with Crippen LogP contribution < -0.4 is 10.0 Å². The second-order valence-electron chi connectivity index (χ2n) is 6.83. The molecular formula is C23H21ClN2O3S. The fraction of sp³-hybridized carbons (Fsp3) is 0.0870. The molecule has 2 N–H and O–H groups in total. The van der Waals surface area contributed by atoms with Crippen molar-refractivity contribution in [3.63, 3.8) is 0 Å². The van der Waals surface area contributed by atoms with Crippen LogP contribution in [0, 0.1) is 13.8 Å². The van der Waals surface area contributed by atoms with Gasteiger partial charge < -0.3 is 5.32 Å². The van der Waals surface area contributed by atoms with Gasteiger partial charge in [0.25, 0.3) is 10.0 Å². The lowest BCUT2D eigenvalue weighted by Gasteiger charge is -2.10. The molecule has 0 atom stereocenters. The van der Waals surface area contributed by atoms with Gasteiger partial charge in [-0.25, -0.2) is 8.42 Å². The van der Waals surface area contributed by atoms with Crippen LogP contribution in [0.4, 0.5) is 11.4 Å². The molecule has 154 valence electrons. The first-order valence-corrected chi connectivity index (χ1v) is 11.0. The standard InChI is InChI=1S/C23H21ClN2O3S/c1-16-3-6-18(7-4-16)8-14-23(27)25-19-10-12-21(13-11-19)30(28,29)26-20-9-5-17(2)22(24)15-20/h3-15,26H,1-2H3,(H,25,27). The van der Waals surface area contributed by atoms with Crippen molar-refractivity contribution in [1.82, 2.24) is 0 Å². The molecule has 5 nitrogen and oxygen atoms in total. The zero-order chi connectivity index (χ0) is 21.7. The maximum atomic E-state index is 12.6. The van der Waals surface area contributed by atoms with Crippen molar-refractivity contribution in [2.45, 2.75) is 18.7 Å². The summed E-state index contributed by atoms with van der Waals surface area (Å²) in [6.45, 7) is 3.83. The summed E-state index contributed by atoms with van der Waals surface area (Å²) in [5.74, 6) is -0.307. The summed E-state index contributed by atoms with van der Waals surface area (Å²) < 4.78 is 27.6. The molecular weight excluding hydrogens is 420 g/mol. The van der Waals surface area contributed by atoms with Crippen molar-refractivity contribution in [2.75, 3.05) is 10.0 Å². The molecule has 0 fully saturated rings. The van der Waals surface area contributed by atoms with Crippen molar-refractivity contribution >= 4 is 45.0 Å². The van der Waals surface area contributed by atoms with Crippen molar-refractivity contribution in [1.29, 1.82) is 0 Å². The largest absolute Gasteiger partial charge is 0.323 e. The van der Waals surface area contributed by atoms with E-state index in [9.17, 15) is 13.2 Å². The minimum Gasteiger partial charge on any atom is -0.323 e. The predicted octanol–water partition coefficient (Wildman–Crippen LogP) is 5.41. The van der Waals surface area contributed by atoms with E-state index in [1.807, 2.05) is 38.1 Å². The Hall–Kier alpha value is -3.09. The Morgan fingerprint density at radius 1 is 0.900 bits per heavy atom. The Morgan fingerprint density at radius 3 is 2.17 bits per heavy atom. The number of hydrogen-bond donors (Lipinski definition) is 2. The van der Waals surface area contributed by atoms with Gasteiger partial charge in [0.2, 0.25) is 5.91 Å². The first-order valence-electron chi connectivity index (χ1n) is 9.18. The van der Waals surface area contributed by atoms with E-state index in [-0.39, 0.29) is 10.8 Å². The lowest BCUT2D eigenvalue weighted by atomic mass is 10.1. The van der Waals surface area contributed by atoms with Gasteiger partial charge in [-0.1, -0.05) is 47.5 Å². The lowest BCUT2D eigenvalue weighted by Crippen LogP contribution is -2.13. The molecule has 3 aromatic rings. The van der Waals surface area contributed by atoms with Crippen LogP contribution in [0.3, 0.4) is 0 Å². The van der Waals surface area contributed by atoms with E-state index < -0.39 is 10.0 Å². The van der Waals surface area contributed by atoms with E-state index in [1.165, 1.54) is 30.3 Å². The van der Waals surface area contributed by atoms with Crippen LogP contribution in [-0.2, 0) is 14.8 Å². The molecule has 30 heavy (non-hydrogen) atoms. The maximum Gasteiger partial charge on any atom is 0.261 e. The molecule has 0 aliphatic heterocycles. The molecule has 3 aromatic carbocycles. The first kappa shape index (κ1) is 21.6. The second-order valence-corrected chi connectivity index (χ2v) is 8.92. The van der Waals surface area contributed by atoms with Crippen molar-refractivity contribution in [3.05, 3.63) is 94.5 Å². The number of carbonyl (C=O) groups is 1. The van der Waals surface area contributed by atoms with Crippen LogP contribution >= 0.6 is 11.6 Å². The number of sulfonamides is 1. The summed E-state index contributed by atoms with van der Waals surface area (Å²) >= 11 is 6.05. The SMILES string of the molecule is Cc1ccc(C=CC(=O)Nc2ccc(S(=O)(=O)Nc3ccc(C)c(Cl)c3)cc2)cc1. The van der Waals surface area contributed by atoms with Crippen LogP contribution in [0.5, 0.6) is 0 Å². The summed E-state index contributed by atoms with van der Waals surface area (Å²) in [6, 6.07) is 18.7. The molecule has 0 heterocycles. The van der Waals surface area contributed by atoms with Crippen LogP contribution in [0.25, 0.3) is 6.08 Å². The first-order chi connectivity index (χ1) is 14.2. The number of rotatable bonds is 6. The minimum absolute atomic E-state index is 0.0763. The molecule has 0 bridgehead atoms. The molecule has 0 aliphatic rings. The number of benzene rings is 3. The molecule has 0 saturated heterocycles. The Morgan fingerprint density at radius 2 is 1.53 bits per heavy atom. The van der Waals surface area contributed by atoms with E-state index in [2.05, 4.69) is 10.0 Å². The molecule has 7 heteroatoms. The highest BCUT2D eigenvalue weighted by Crippen LogP contribution is 2.23. The number of halogens is 1. The fourth-order valence-electron chi connectivity index (χ4n) is 2.62. The monoisotopic (exact) mass is 440 g/mol. The summed E-state index contributed by atoms with van der Waals surface area (Å²) in [5.41, 5.74) is 3.79. The quantitative estimate of drug-likeness (QED) is 0.503. The lowest BCUT2D eigenvalue weighted by molar-refractivity contribution is -0.111. The minimum atomic E-state index is -3.77. The van der Waals surface area contributed by atoms with Crippen molar-refractivity contribution in [2.24, 2.45) is 0 Å². The normalized spacial score (nSPS) is 11.4. The highest BCUT2D eigenvalue weighted by molar-refractivity contribution is 7.92. The summed E-state index contributed by atoms with van der Waals surface area (Å²) in [4.78, 5) is 12.2. The predicted molar refractivity (Wildman–Crippen MR) is 122 cm³/mol. The van der Waals surface area contributed by atoms with E-state index >= 15 is 0 Å². The van der Waals surface area contributed by atoms with Gasteiger partial charge in [0.15, 0.2) is 0 Å². The second kappa shape index (κ2) is 9.15. The van der Waals surface area contributed by atoms with Gasteiger partial charge in [0.05, 0.1) is 10.6 Å². The van der Waals surface area contributed by atoms with Gasteiger partial charge in [0.1, 0.15) is 0 Å². The van der Waals surface area contributed by atoms with Crippen LogP contribution in [0.2, 0.25) is 5.02 Å². The van der Waals surface area contributed by atoms with Gasteiger partial charge in [-0.15, -0.1) is 0 Å². The Bertz CT molecular complexity index is 1190. The summed E-state index contributed by atoms with van der Waals surface area (Å²) in [7, 11) is -3.77. The number of hydrogen-bond acceptors (Lipinski definition) is 3. The number of carbonyl (C=O) groups excluding carboxylic acids is 1.